The maximum absolute atomic E-state index is 8.89. The standard InChI is InChI=1S/5C2H8N2.20C2H4O2.4Co.8Na/c5*3-1-2-4;20*1-2(3)4;;;;;;;;;;;;/h5*1-4H2;20*1H3,(H,3,4);;;;;;;;;;;;/q;;;;;;;;;;;;;;;;;;;;;;;;;4*+3;8*+1/p-20. The monoisotopic (exact) mass is 1900 g/mol. The summed E-state index contributed by atoms with van der Waals surface area (Å²) >= 11 is 0. The van der Waals surface area contributed by atoms with Crippen LogP contribution < -0.4 is 396 Å². The second-order valence-corrected chi connectivity index (χ2v) is 12.7. The minimum atomic E-state index is -1.08. The molecule has 0 aromatic rings. The zero-order valence-corrected chi connectivity index (χ0v) is 88.7. The van der Waals surface area contributed by atoms with Gasteiger partial charge in [0.05, 0.1) is 0 Å². The molecular weight excluding hydrogens is 1800 g/mol. The van der Waals surface area contributed by atoms with E-state index >= 15 is 0 Å². The number of hydrogen-bond acceptors (Lipinski definition) is 50. The molecule has 0 aliphatic carbocycles. The molecule has 0 bridgehead atoms. The Balaban J connectivity index is -0.0000000149. The van der Waals surface area contributed by atoms with Gasteiger partial charge in [0.1, 0.15) is 0 Å². The Morgan fingerprint density at radius 1 is 0.125 bits per heavy atom. The summed E-state index contributed by atoms with van der Waals surface area (Å²) in [7, 11) is 0. The van der Waals surface area contributed by atoms with E-state index in [-0.39, 0.29) is 304 Å². The molecule has 0 rings (SSSR count). The third kappa shape index (κ3) is 78500. The van der Waals surface area contributed by atoms with Crippen molar-refractivity contribution in [3.63, 3.8) is 0 Å². The minimum absolute atomic E-state index is 0. The SMILES string of the molecule is CC(=O)[O-].CC(=O)[O-].CC(=O)[O-].CC(=O)[O-].CC(=O)[O-].CC(=O)[O-].CC(=O)[O-].CC(=O)[O-].CC(=O)[O-].CC(=O)[O-].CC(=O)[O-].CC(=O)[O-].CC(=O)[O-].CC(=O)[O-].CC(=O)[O-].CC(=O)[O-].CC(=O)[O-].CC(=O)[O-].CC(=O)[O-].CC(=O)[O-].NCCN.NCCN.NCCN.NCCN.NCCN.[Co+3].[Co+3].[Co+3].[Co+3].[Na+].[Na+].[Na+].[Na+].[Na+].[Na+].[Na+].[Na+]. The Bertz CT molecular complexity index is 1320. The van der Waals surface area contributed by atoms with E-state index in [1.807, 2.05) is 0 Å². The summed E-state index contributed by atoms with van der Waals surface area (Å²) in [5.74, 6) is -21.7. The van der Waals surface area contributed by atoms with Gasteiger partial charge in [0.15, 0.2) is 0 Å². The first kappa shape index (κ1) is 245. The maximum Gasteiger partial charge on any atom is 3.00 e. The van der Waals surface area contributed by atoms with Crippen LogP contribution in [0.25, 0.3) is 0 Å². The zero-order valence-electron chi connectivity index (χ0n) is 68.5. The Labute approximate surface area is 870 Å². The Morgan fingerprint density at radius 2 is 0.134 bits per heavy atom. The van der Waals surface area contributed by atoms with Crippen molar-refractivity contribution < 1.29 is 502 Å². The molecule has 0 unspecified atom stereocenters. The number of hydrogen-bond donors (Lipinski definition) is 10. The van der Waals surface area contributed by atoms with Crippen molar-refractivity contribution in [1.82, 2.24) is 0 Å². The van der Waals surface area contributed by atoms with Crippen LogP contribution in [0.4, 0.5) is 0 Å². The number of carboxylic acid groups (broad SMARTS) is 20. The largest absolute Gasteiger partial charge is 3.00 e. The summed E-state index contributed by atoms with van der Waals surface area (Å²) in [6, 6.07) is 0. The molecular formula is C50H100Co4N10Na8O40. The van der Waals surface area contributed by atoms with E-state index in [0.29, 0.717) is 65.4 Å². The number of carboxylic acids is 20. The van der Waals surface area contributed by atoms with Crippen LogP contribution in [0.2, 0.25) is 0 Å². The van der Waals surface area contributed by atoms with Crippen molar-refractivity contribution in [2.45, 2.75) is 138 Å². The van der Waals surface area contributed by atoms with Gasteiger partial charge in [-0.05, 0) is 138 Å². The fourth-order valence-corrected chi connectivity index (χ4v) is 0. The number of carbonyl (C=O) groups is 20. The van der Waals surface area contributed by atoms with E-state index in [1.165, 1.54) is 0 Å². The predicted molar refractivity (Wildman–Crippen MR) is 304 cm³/mol. The topological polar surface area (TPSA) is 1060 Å². The van der Waals surface area contributed by atoms with Gasteiger partial charge in [0, 0.05) is 185 Å². The van der Waals surface area contributed by atoms with Crippen molar-refractivity contribution in [3.8, 4) is 0 Å². The van der Waals surface area contributed by atoms with Crippen molar-refractivity contribution in [2.24, 2.45) is 57.3 Å². The third-order valence-electron chi connectivity index (χ3n) is 0.833. The van der Waals surface area contributed by atoms with Crippen molar-refractivity contribution >= 4 is 119 Å². The number of carbonyl (C=O) groups excluding carboxylic acids is 20. The molecule has 0 heterocycles. The molecule has 0 saturated heterocycles. The molecule has 0 aliphatic rings. The van der Waals surface area contributed by atoms with E-state index in [0.717, 1.165) is 138 Å². The van der Waals surface area contributed by atoms with Gasteiger partial charge in [-0.2, -0.15) is 0 Å². The van der Waals surface area contributed by atoms with Crippen LogP contribution in [-0.2, 0) is 163 Å². The van der Waals surface area contributed by atoms with E-state index in [1.54, 1.807) is 0 Å². The fraction of sp³-hybridized carbons (Fsp3) is 0.600. The summed E-state index contributed by atoms with van der Waals surface area (Å²) < 4.78 is 0. The van der Waals surface area contributed by atoms with Crippen molar-refractivity contribution in [3.05, 3.63) is 0 Å². The van der Waals surface area contributed by atoms with E-state index < -0.39 is 119 Å². The van der Waals surface area contributed by atoms with E-state index in [4.69, 9.17) is 255 Å². The van der Waals surface area contributed by atoms with Gasteiger partial charge >= 0.3 is 304 Å². The van der Waals surface area contributed by atoms with Crippen molar-refractivity contribution in [2.75, 3.05) is 65.4 Å². The third-order valence-corrected chi connectivity index (χ3v) is 0.833. The van der Waals surface area contributed by atoms with Gasteiger partial charge in [-0.15, -0.1) is 0 Å². The molecule has 0 spiro atoms. The van der Waals surface area contributed by atoms with Crippen LogP contribution in [0.5, 0.6) is 0 Å². The molecule has 634 valence electrons. The molecule has 0 aromatic carbocycles. The Kier molecular flexibility index (Phi) is 601. The number of aliphatic carboxylic acids is 20. The average molecular weight is 1900 g/mol. The first-order chi connectivity index (χ1) is 44.2. The van der Waals surface area contributed by atoms with Crippen molar-refractivity contribution in [1.29, 1.82) is 0 Å². The molecule has 0 amide bonds. The first-order valence-corrected chi connectivity index (χ1v) is 24.7. The molecule has 0 aromatic heterocycles. The molecule has 0 atom stereocenters. The van der Waals surface area contributed by atoms with Crippen LogP contribution in [-0.4, -0.2) is 185 Å². The smallest absolute Gasteiger partial charge is 0.550 e. The molecule has 112 heavy (non-hydrogen) atoms. The molecule has 50 nitrogen and oxygen atoms in total. The Morgan fingerprint density at radius 3 is 0.134 bits per heavy atom. The van der Waals surface area contributed by atoms with Crippen LogP contribution >= 0.6 is 0 Å². The normalized spacial score (nSPS) is 5.80. The minimum Gasteiger partial charge on any atom is -0.550 e. The van der Waals surface area contributed by atoms with Gasteiger partial charge in [0.2, 0.25) is 0 Å². The molecule has 0 aliphatic heterocycles. The summed E-state index contributed by atoms with van der Waals surface area (Å²) in [5, 5.41) is 178. The number of nitrogens with two attached hydrogens (primary N) is 10. The molecule has 0 fully saturated rings. The van der Waals surface area contributed by atoms with Gasteiger partial charge in [-0.3, -0.25) is 0 Å². The maximum atomic E-state index is 8.89. The van der Waals surface area contributed by atoms with Gasteiger partial charge < -0.3 is 255 Å². The van der Waals surface area contributed by atoms with Crippen LogP contribution in [0.3, 0.4) is 0 Å². The second kappa shape index (κ2) is 274. The number of rotatable bonds is 5. The van der Waals surface area contributed by atoms with Gasteiger partial charge in [-0.1, -0.05) is 0 Å². The average Bonchev–Trinajstić information content (AvgIpc) is 3.31. The Hall–Kier alpha value is -0.974. The summed E-state index contributed by atoms with van der Waals surface area (Å²) in [6.45, 7) is 25.4. The predicted octanol–water partition coefficient (Wildman–Crippen LogP) is -54.3. The van der Waals surface area contributed by atoms with E-state index in [2.05, 4.69) is 0 Å². The van der Waals surface area contributed by atoms with Crippen LogP contribution in [0.1, 0.15) is 138 Å². The van der Waals surface area contributed by atoms with Gasteiger partial charge in [0.25, 0.3) is 0 Å². The second-order valence-electron chi connectivity index (χ2n) is 12.7. The quantitative estimate of drug-likeness (QED) is 0.114. The van der Waals surface area contributed by atoms with Gasteiger partial charge in [-0.25, -0.2) is 0 Å². The van der Waals surface area contributed by atoms with Crippen LogP contribution in [0, 0.1) is 0 Å². The molecule has 20 N–H and O–H groups in total. The first-order valence-electron chi connectivity index (χ1n) is 24.7. The summed E-state index contributed by atoms with van der Waals surface area (Å²) in [6.07, 6.45) is 0. The fourth-order valence-electron chi connectivity index (χ4n) is 0. The summed E-state index contributed by atoms with van der Waals surface area (Å²) in [4.78, 5) is 178. The van der Waals surface area contributed by atoms with E-state index in [9.17, 15) is 0 Å². The summed E-state index contributed by atoms with van der Waals surface area (Å²) in [5.41, 5.74) is 49.0. The zero-order chi connectivity index (χ0) is 88.6. The molecule has 62 heteroatoms. The molecule has 0 radical (unpaired) electrons. The van der Waals surface area contributed by atoms with Crippen LogP contribution in [0.15, 0.2) is 0 Å². The molecule has 0 saturated carbocycles.